The molecular weight excluding hydrogens is 250 g/mol. The van der Waals surface area contributed by atoms with E-state index in [0.29, 0.717) is 10.8 Å². The van der Waals surface area contributed by atoms with Gasteiger partial charge in [0.15, 0.2) is 9.84 Å². The molecule has 2 rings (SSSR count). The quantitative estimate of drug-likeness (QED) is 0.903. The maximum Gasteiger partial charge on any atom is 0.175 e. The lowest BCUT2D eigenvalue weighted by Crippen LogP contribution is -2.27. The van der Waals surface area contributed by atoms with Gasteiger partial charge >= 0.3 is 0 Å². The van der Waals surface area contributed by atoms with Crippen LogP contribution in [0.5, 0.6) is 0 Å². The SMILES string of the molecule is CS(=O)(=O)c1ccc([C@H](N)C2CCOCC2)cc1. The summed E-state index contributed by atoms with van der Waals surface area (Å²) in [5, 5.41) is 0. The van der Waals surface area contributed by atoms with Gasteiger partial charge < -0.3 is 10.5 Å². The summed E-state index contributed by atoms with van der Waals surface area (Å²) in [6.45, 7) is 1.53. The lowest BCUT2D eigenvalue weighted by atomic mass is 9.88. The van der Waals surface area contributed by atoms with Crippen molar-refractivity contribution in [2.45, 2.75) is 23.8 Å². The molecule has 0 spiro atoms. The molecule has 0 bridgehead atoms. The summed E-state index contributed by atoms with van der Waals surface area (Å²) in [5.74, 6) is 0.419. The van der Waals surface area contributed by atoms with Crippen LogP contribution in [0, 0.1) is 5.92 Å². The van der Waals surface area contributed by atoms with Crippen LogP contribution >= 0.6 is 0 Å². The van der Waals surface area contributed by atoms with E-state index in [0.717, 1.165) is 31.6 Å². The van der Waals surface area contributed by atoms with Gasteiger partial charge in [-0.1, -0.05) is 12.1 Å². The molecule has 1 aliphatic rings. The normalized spacial score (nSPS) is 19.7. The molecule has 4 nitrogen and oxygen atoms in total. The van der Waals surface area contributed by atoms with Gasteiger partial charge in [-0.05, 0) is 36.5 Å². The van der Waals surface area contributed by atoms with Crippen molar-refractivity contribution in [3.63, 3.8) is 0 Å². The van der Waals surface area contributed by atoms with Crippen LogP contribution in [0.2, 0.25) is 0 Å². The Morgan fingerprint density at radius 2 is 1.78 bits per heavy atom. The smallest absolute Gasteiger partial charge is 0.175 e. The van der Waals surface area contributed by atoms with E-state index in [1.165, 1.54) is 6.26 Å². The van der Waals surface area contributed by atoms with E-state index < -0.39 is 9.84 Å². The molecule has 1 aliphatic heterocycles. The molecule has 1 heterocycles. The number of hydrogen-bond donors (Lipinski definition) is 1. The minimum Gasteiger partial charge on any atom is -0.381 e. The molecule has 0 aliphatic carbocycles. The van der Waals surface area contributed by atoms with Crippen molar-refractivity contribution in [3.05, 3.63) is 29.8 Å². The van der Waals surface area contributed by atoms with Crippen molar-refractivity contribution in [2.75, 3.05) is 19.5 Å². The van der Waals surface area contributed by atoms with Gasteiger partial charge in [-0.25, -0.2) is 8.42 Å². The largest absolute Gasteiger partial charge is 0.381 e. The molecule has 1 fully saturated rings. The number of ether oxygens (including phenoxy) is 1. The average Bonchev–Trinajstić information content (AvgIpc) is 2.38. The van der Waals surface area contributed by atoms with Crippen molar-refractivity contribution >= 4 is 9.84 Å². The van der Waals surface area contributed by atoms with E-state index in [-0.39, 0.29) is 6.04 Å². The zero-order chi connectivity index (χ0) is 13.2. The predicted octanol–water partition coefficient (Wildman–Crippen LogP) is 1.52. The Balaban J connectivity index is 2.13. The van der Waals surface area contributed by atoms with Crippen molar-refractivity contribution in [3.8, 4) is 0 Å². The molecule has 1 atom stereocenters. The number of rotatable bonds is 3. The second kappa shape index (κ2) is 5.38. The summed E-state index contributed by atoms with van der Waals surface area (Å²) in [6.07, 6.45) is 3.14. The molecule has 1 saturated heterocycles. The summed E-state index contributed by atoms with van der Waals surface area (Å²) in [6, 6.07) is 6.85. The fourth-order valence-electron chi connectivity index (χ4n) is 2.28. The Morgan fingerprint density at radius 3 is 2.28 bits per heavy atom. The summed E-state index contributed by atoms with van der Waals surface area (Å²) in [7, 11) is -3.13. The third-order valence-corrected chi connectivity index (χ3v) is 4.60. The first-order valence-corrected chi connectivity index (χ1v) is 8.01. The number of nitrogens with two attached hydrogens (primary N) is 1. The summed E-state index contributed by atoms with van der Waals surface area (Å²) < 4.78 is 28.1. The van der Waals surface area contributed by atoms with Gasteiger partial charge in [-0.15, -0.1) is 0 Å². The van der Waals surface area contributed by atoms with E-state index in [9.17, 15) is 8.42 Å². The van der Waals surface area contributed by atoms with E-state index in [1.807, 2.05) is 12.1 Å². The van der Waals surface area contributed by atoms with Crippen LogP contribution < -0.4 is 5.73 Å². The monoisotopic (exact) mass is 269 g/mol. The highest BCUT2D eigenvalue weighted by Crippen LogP contribution is 2.28. The second-order valence-corrected chi connectivity index (χ2v) is 6.83. The Bertz CT molecular complexity index is 489. The Morgan fingerprint density at radius 1 is 1.22 bits per heavy atom. The standard InChI is InChI=1S/C13H19NO3S/c1-18(15,16)12-4-2-10(3-5-12)13(14)11-6-8-17-9-7-11/h2-5,11,13H,6-9,14H2,1H3/t13-/m0/s1. The molecule has 0 aromatic heterocycles. The van der Waals surface area contributed by atoms with Crippen LogP contribution in [0.25, 0.3) is 0 Å². The molecular formula is C13H19NO3S. The highest BCUT2D eigenvalue weighted by atomic mass is 32.2. The molecule has 5 heteroatoms. The number of benzene rings is 1. The number of hydrogen-bond acceptors (Lipinski definition) is 4. The highest BCUT2D eigenvalue weighted by Gasteiger charge is 2.22. The highest BCUT2D eigenvalue weighted by molar-refractivity contribution is 7.90. The molecule has 0 radical (unpaired) electrons. The lowest BCUT2D eigenvalue weighted by Gasteiger charge is -2.27. The molecule has 18 heavy (non-hydrogen) atoms. The third-order valence-electron chi connectivity index (χ3n) is 3.47. The molecule has 0 unspecified atom stereocenters. The predicted molar refractivity (Wildman–Crippen MR) is 70.0 cm³/mol. The van der Waals surface area contributed by atoms with E-state index in [1.54, 1.807) is 12.1 Å². The zero-order valence-corrected chi connectivity index (χ0v) is 11.3. The number of sulfone groups is 1. The van der Waals surface area contributed by atoms with Crippen LogP contribution in [0.3, 0.4) is 0 Å². The fraction of sp³-hybridized carbons (Fsp3) is 0.538. The Hall–Kier alpha value is -0.910. The topological polar surface area (TPSA) is 69.4 Å². The van der Waals surface area contributed by atoms with Gasteiger partial charge in [-0.2, -0.15) is 0 Å². The first-order chi connectivity index (χ1) is 8.48. The summed E-state index contributed by atoms with van der Waals surface area (Å²) in [4.78, 5) is 0.338. The van der Waals surface area contributed by atoms with Crippen molar-refractivity contribution in [2.24, 2.45) is 11.7 Å². The van der Waals surface area contributed by atoms with E-state index in [4.69, 9.17) is 10.5 Å². The van der Waals surface area contributed by atoms with Crippen molar-refractivity contribution < 1.29 is 13.2 Å². The first kappa shape index (κ1) is 13.5. The minimum atomic E-state index is -3.13. The summed E-state index contributed by atoms with van der Waals surface area (Å²) in [5.41, 5.74) is 7.22. The Kier molecular flexibility index (Phi) is 4.04. The summed E-state index contributed by atoms with van der Waals surface area (Å²) >= 11 is 0. The molecule has 1 aromatic carbocycles. The van der Waals surface area contributed by atoms with Crippen LogP contribution in [0.4, 0.5) is 0 Å². The van der Waals surface area contributed by atoms with Crippen LogP contribution in [-0.2, 0) is 14.6 Å². The fourth-order valence-corrected chi connectivity index (χ4v) is 2.91. The molecule has 0 amide bonds. The zero-order valence-electron chi connectivity index (χ0n) is 10.5. The van der Waals surface area contributed by atoms with Crippen LogP contribution in [0.15, 0.2) is 29.2 Å². The molecule has 1 aromatic rings. The van der Waals surface area contributed by atoms with Gasteiger partial charge in [0.2, 0.25) is 0 Å². The van der Waals surface area contributed by atoms with Crippen molar-refractivity contribution in [1.82, 2.24) is 0 Å². The maximum atomic E-state index is 11.4. The van der Waals surface area contributed by atoms with Crippen LogP contribution in [0.1, 0.15) is 24.4 Å². The van der Waals surface area contributed by atoms with Crippen LogP contribution in [-0.4, -0.2) is 27.9 Å². The van der Waals surface area contributed by atoms with Gasteiger partial charge in [0, 0.05) is 25.5 Å². The van der Waals surface area contributed by atoms with Gasteiger partial charge in [0.05, 0.1) is 4.90 Å². The maximum absolute atomic E-state index is 11.4. The molecule has 0 saturated carbocycles. The lowest BCUT2D eigenvalue weighted by molar-refractivity contribution is 0.0584. The van der Waals surface area contributed by atoms with E-state index >= 15 is 0 Å². The second-order valence-electron chi connectivity index (χ2n) is 4.82. The van der Waals surface area contributed by atoms with Gasteiger partial charge in [-0.3, -0.25) is 0 Å². The van der Waals surface area contributed by atoms with Crippen molar-refractivity contribution in [1.29, 1.82) is 0 Å². The Labute approximate surface area is 108 Å². The molecule has 2 N–H and O–H groups in total. The average molecular weight is 269 g/mol. The third kappa shape index (κ3) is 3.10. The van der Waals surface area contributed by atoms with Gasteiger partial charge in [0.25, 0.3) is 0 Å². The first-order valence-electron chi connectivity index (χ1n) is 6.12. The molecule has 100 valence electrons. The van der Waals surface area contributed by atoms with Gasteiger partial charge in [0.1, 0.15) is 0 Å². The minimum absolute atomic E-state index is 0.0393. The van der Waals surface area contributed by atoms with E-state index in [2.05, 4.69) is 0 Å².